The molecule has 2 nitrogen and oxygen atoms in total. The summed E-state index contributed by atoms with van der Waals surface area (Å²) in [6.07, 6.45) is 0.144. The zero-order valence-electron chi connectivity index (χ0n) is 11.0. The number of ketones is 1. The van der Waals surface area contributed by atoms with E-state index < -0.39 is 5.82 Å². The monoisotopic (exact) mass is 300 g/mol. The van der Waals surface area contributed by atoms with Crippen LogP contribution < -0.4 is 4.74 Å². The lowest BCUT2D eigenvalue weighted by atomic mass is 10.0. The van der Waals surface area contributed by atoms with Crippen LogP contribution in [0.1, 0.15) is 12.5 Å². The van der Waals surface area contributed by atoms with Crippen LogP contribution in [0.5, 0.6) is 5.75 Å². The Morgan fingerprint density at radius 3 is 2.84 bits per heavy atom. The van der Waals surface area contributed by atoms with E-state index in [1.54, 1.807) is 30.0 Å². The highest BCUT2D eigenvalue weighted by molar-refractivity contribution is 8.07. The largest absolute Gasteiger partial charge is 0.494 e. The number of hydrogen-bond acceptors (Lipinski definition) is 4. The molecule has 0 bridgehead atoms. The molecule has 1 aromatic carbocycles. The first kappa shape index (κ1) is 14.7. The minimum atomic E-state index is -0.417. The highest BCUT2D eigenvalue weighted by atomic mass is 32.2. The van der Waals surface area contributed by atoms with Gasteiger partial charge in [0.15, 0.2) is 17.3 Å². The maximum Gasteiger partial charge on any atom is 0.168 e. The van der Waals surface area contributed by atoms with Crippen molar-refractivity contribution in [3.05, 3.63) is 29.6 Å². The lowest BCUT2D eigenvalue weighted by Gasteiger charge is -2.26. The van der Waals surface area contributed by atoms with Gasteiger partial charge >= 0.3 is 0 Å². The smallest absolute Gasteiger partial charge is 0.168 e. The lowest BCUT2D eigenvalue weighted by molar-refractivity contribution is -0.117. The molecule has 0 amide bonds. The molecule has 2 unspecified atom stereocenters. The first-order valence-electron chi connectivity index (χ1n) is 6.20. The van der Waals surface area contributed by atoms with Gasteiger partial charge in [0, 0.05) is 23.2 Å². The van der Waals surface area contributed by atoms with Gasteiger partial charge in [0.1, 0.15) is 0 Å². The van der Waals surface area contributed by atoms with Crippen molar-refractivity contribution in [2.24, 2.45) is 0 Å². The molecule has 0 N–H and O–H groups in total. The molecule has 0 spiro atoms. The summed E-state index contributed by atoms with van der Waals surface area (Å²) in [5, 5.41) is 0.282. The minimum Gasteiger partial charge on any atom is -0.494 e. The lowest BCUT2D eigenvalue weighted by Crippen LogP contribution is -2.32. The van der Waals surface area contributed by atoms with Gasteiger partial charge in [-0.15, -0.1) is 11.8 Å². The SMILES string of the molecule is COc1cccc(CC(=O)C2SCCSC2C)c1F. The Kier molecular flexibility index (Phi) is 5.16. The zero-order valence-corrected chi connectivity index (χ0v) is 12.7. The van der Waals surface area contributed by atoms with E-state index in [1.807, 2.05) is 11.8 Å². The molecule has 5 heteroatoms. The predicted molar refractivity (Wildman–Crippen MR) is 79.8 cm³/mol. The summed E-state index contributed by atoms with van der Waals surface area (Å²) >= 11 is 3.51. The van der Waals surface area contributed by atoms with Gasteiger partial charge in [-0.1, -0.05) is 19.1 Å². The van der Waals surface area contributed by atoms with Crippen LogP contribution in [0.4, 0.5) is 4.39 Å². The number of methoxy groups -OCH3 is 1. The third kappa shape index (κ3) is 3.45. The number of carbonyl (C=O) groups is 1. The fraction of sp³-hybridized carbons (Fsp3) is 0.500. The molecule has 1 aliphatic rings. The van der Waals surface area contributed by atoms with Crippen molar-refractivity contribution in [3.8, 4) is 5.75 Å². The molecule has 1 saturated heterocycles. The molecular formula is C14H17FO2S2. The fourth-order valence-electron chi connectivity index (χ4n) is 2.13. The molecular weight excluding hydrogens is 283 g/mol. The first-order chi connectivity index (χ1) is 9.13. The van der Waals surface area contributed by atoms with Crippen molar-refractivity contribution in [1.29, 1.82) is 0 Å². The van der Waals surface area contributed by atoms with Gasteiger partial charge in [0.2, 0.25) is 0 Å². The Balaban J connectivity index is 2.10. The van der Waals surface area contributed by atoms with E-state index in [1.165, 1.54) is 7.11 Å². The molecule has 1 heterocycles. The average molecular weight is 300 g/mol. The highest BCUT2D eigenvalue weighted by Gasteiger charge is 2.29. The molecule has 104 valence electrons. The molecule has 1 aromatic rings. The summed E-state index contributed by atoms with van der Waals surface area (Å²) in [5.41, 5.74) is 0.424. The van der Waals surface area contributed by atoms with Crippen LogP contribution in [0, 0.1) is 5.82 Å². The van der Waals surface area contributed by atoms with Crippen LogP contribution in [-0.4, -0.2) is 34.9 Å². The number of rotatable bonds is 4. The zero-order chi connectivity index (χ0) is 13.8. The van der Waals surface area contributed by atoms with E-state index in [-0.39, 0.29) is 23.2 Å². The van der Waals surface area contributed by atoms with E-state index in [0.717, 1.165) is 11.5 Å². The summed E-state index contributed by atoms with van der Waals surface area (Å²) < 4.78 is 18.9. The predicted octanol–water partition coefficient (Wildman–Crippen LogP) is 3.18. The number of ether oxygens (including phenoxy) is 1. The van der Waals surface area contributed by atoms with Crippen molar-refractivity contribution in [1.82, 2.24) is 0 Å². The first-order valence-corrected chi connectivity index (χ1v) is 8.30. The third-order valence-corrected chi connectivity index (χ3v) is 6.27. The maximum atomic E-state index is 14.0. The van der Waals surface area contributed by atoms with Crippen LogP contribution in [0.15, 0.2) is 18.2 Å². The summed E-state index contributed by atoms with van der Waals surface area (Å²) in [4.78, 5) is 12.3. The van der Waals surface area contributed by atoms with Crippen molar-refractivity contribution in [3.63, 3.8) is 0 Å². The molecule has 2 atom stereocenters. The Morgan fingerprint density at radius 2 is 2.16 bits per heavy atom. The number of benzene rings is 1. The van der Waals surface area contributed by atoms with E-state index in [0.29, 0.717) is 10.8 Å². The summed E-state index contributed by atoms with van der Waals surface area (Å²) in [5.74, 6) is 1.97. The van der Waals surface area contributed by atoms with Crippen LogP contribution in [0.25, 0.3) is 0 Å². The topological polar surface area (TPSA) is 26.3 Å². The minimum absolute atomic E-state index is 0.0237. The van der Waals surface area contributed by atoms with Gasteiger partial charge in [-0.05, 0) is 11.6 Å². The number of halogens is 1. The standard InChI is InChI=1S/C14H17FO2S2/c1-9-14(19-7-6-18-9)11(16)8-10-4-3-5-12(17-2)13(10)15/h3-5,9,14H,6-8H2,1-2H3. The van der Waals surface area contributed by atoms with Gasteiger partial charge in [-0.2, -0.15) is 11.8 Å². The molecule has 19 heavy (non-hydrogen) atoms. The summed E-state index contributed by atoms with van der Waals surface area (Å²) in [6, 6.07) is 4.94. The number of hydrogen-bond donors (Lipinski definition) is 0. The second-order valence-corrected chi connectivity index (χ2v) is 7.18. The summed E-state index contributed by atoms with van der Waals surface area (Å²) in [6.45, 7) is 2.07. The van der Waals surface area contributed by atoms with E-state index in [9.17, 15) is 9.18 Å². The van der Waals surface area contributed by atoms with E-state index >= 15 is 0 Å². The molecule has 1 aliphatic heterocycles. The van der Waals surface area contributed by atoms with Crippen LogP contribution >= 0.6 is 23.5 Å². The maximum absolute atomic E-state index is 14.0. The van der Waals surface area contributed by atoms with E-state index in [4.69, 9.17) is 4.74 Å². The molecule has 2 rings (SSSR count). The normalized spacial score (nSPS) is 23.1. The molecule has 0 aliphatic carbocycles. The van der Waals surface area contributed by atoms with E-state index in [2.05, 4.69) is 6.92 Å². The number of Topliss-reactive ketones (excluding diaryl/α,β-unsaturated/α-hetero) is 1. The van der Waals surface area contributed by atoms with Gasteiger partial charge in [-0.25, -0.2) is 4.39 Å². The highest BCUT2D eigenvalue weighted by Crippen LogP contribution is 2.32. The van der Waals surface area contributed by atoms with Crippen molar-refractivity contribution < 1.29 is 13.9 Å². The van der Waals surface area contributed by atoms with Gasteiger partial charge in [-0.3, -0.25) is 4.79 Å². The molecule has 0 radical (unpaired) electrons. The Labute approximate surface area is 121 Å². The van der Waals surface area contributed by atoms with Crippen molar-refractivity contribution in [2.45, 2.75) is 23.8 Å². The Bertz CT molecular complexity index is 465. The van der Waals surface area contributed by atoms with Crippen LogP contribution in [-0.2, 0) is 11.2 Å². The molecule has 0 aromatic heterocycles. The van der Waals surface area contributed by atoms with Crippen molar-refractivity contribution in [2.75, 3.05) is 18.6 Å². The average Bonchev–Trinajstić information content (AvgIpc) is 2.41. The van der Waals surface area contributed by atoms with Gasteiger partial charge in [0.25, 0.3) is 0 Å². The molecule has 0 saturated carbocycles. The third-order valence-electron chi connectivity index (χ3n) is 3.13. The quantitative estimate of drug-likeness (QED) is 0.853. The van der Waals surface area contributed by atoms with Gasteiger partial charge in [0.05, 0.1) is 12.4 Å². The summed E-state index contributed by atoms with van der Waals surface area (Å²) in [7, 11) is 1.43. The van der Waals surface area contributed by atoms with Crippen molar-refractivity contribution >= 4 is 29.3 Å². The molecule has 1 fully saturated rings. The Hall–Kier alpha value is -0.680. The van der Waals surface area contributed by atoms with Crippen LogP contribution in [0.2, 0.25) is 0 Å². The fourth-order valence-corrected chi connectivity index (χ4v) is 4.86. The van der Waals surface area contributed by atoms with Crippen LogP contribution in [0.3, 0.4) is 0 Å². The van der Waals surface area contributed by atoms with Gasteiger partial charge < -0.3 is 4.74 Å². The Morgan fingerprint density at radius 1 is 1.42 bits per heavy atom. The second-order valence-electron chi connectivity index (χ2n) is 4.44. The number of thioether (sulfide) groups is 2. The second kappa shape index (κ2) is 6.66. The number of carbonyl (C=O) groups excluding carboxylic acids is 1.